The summed E-state index contributed by atoms with van der Waals surface area (Å²) in [6.45, 7) is 1.69. The van der Waals surface area contributed by atoms with E-state index in [2.05, 4.69) is 20.2 Å². The van der Waals surface area contributed by atoms with Gasteiger partial charge in [-0.2, -0.15) is 8.42 Å². The zero-order valence-electron chi connectivity index (χ0n) is 10.5. The Kier molecular flexibility index (Phi) is 4.30. The molecule has 0 saturated carbocycles. The van der Waals surface area contributed by atoms with Crippen LogP contribution in [-0.4, -0.2) is 24.5 Å². The molecule has 1 heterocycles. The van der Waals surface area contributed by atoms with E-state index in [1.165, 1.54) is 0 Å². The summed E-state index contributed by atoms with van der Waals surface area (Å²) in [5.41, 5.74) is 0.432. The number of sulfonamides is 1. The molecule has 0 aliphatic heterocycles. The van der Waals surface area contributed by atoms with Gasteiger partial charge in [-0.3, -0.25) is 9.52 Å². The first-order valence-electron chi connectivity index (χ1n) is 5.72. The predicted molar refractivity (Wildman–Crippen MR) is 76.1 cm³/mol. The Hall–Kier alpha value is -2.00. The quantitative estimate of drug-likeness (QED) is 0.818. The van der Waals surface area contributed by atoms with Crippen molar-refractivity contribution < 1.29 is 13.2 Å². The van der Waals surface area contributed by atoms with E-state index in [0.717, 1.165) is 11.3 Å². The van der Waals surface area contributed by atoms with Gasteiger partial charge in [-0.1, -0.05) is 36.5 Å². The molecule has 106 valence electrons. The van der Waals surface area contributed by atoms with E-state index in [4.69, 9.17) is 0 Å². The van der Waals surface area contributed by atoms with E-state index in [-0.39, 0.29) is 21.8 Å². The largest absolute Gasteiger partial charge is 0.301 e. The Balaban J connectivity index is 2.16. The van der Waals surface area contributed by atoms with Crippen molar-refractivity contribution in [1.82, 2.24) is 10.2 Å². The number of hydrogen-bond donors (Lipinski definition) is 2. The lowest BCUT2D eigenvalue weighted by atomic mass is 10.3. The number of benzene rings is 1. The summed E-state index contributed by atoms with van der Waals surface area (Å²) in [4.78, 5) is 11.2. The Morgan fingerprint density at radius 2 is 1.95 bits per heavy atom. The summed E-state index contributed by atoms with van der Waals surface area (Å²) in [5, 5.41) is 9.82. The second kappa shape index (κ2) is 5.97. The minimum Gasteiger partial charge on any atom is -0.301 e. The minimum absolute atomic E-state index is 0.158. The molecule has 2 rings (SSSR count). The fourth-order valence-electron chi connectivity index (χ4n) is 1.28. The second-order valence-corrected chi connectivity index (χ2v) is 6.58. The van der Waals surface area contributed by atoms with Crippen LogP contribution in [0.3, 0.4) is 0 Å². The molecule has 0 radical (unpaired) electrons. The van der Waals surface area contributed by atoms with Crippen molar-refractivity contribution in [3.8, 4) is 0 Å². The molecule has 0 aliphatic rings. The number of carbonyl (C=O) groups is 1. The average molecular weight is 312 g/mol. The first-order valence-corrected chi connectivity index (χ1v) is 8.02. The molecule has 2 aromatic rings. The van der Waals surface area contributed by atoms with E-state index in [1.54, 1.807) is 37.3 Å². The summed E-state index contributed by atoms with van der Waals surface area (Å²) < 4.78 is 26.3. The van der Waals surface area contributed by atoms with E-state index in [9.17, 15) is 13.2 Å². The number of nitrogens with zero attached hydrogens (tertiary/aromatic N) is 2. The Morgan fingerprint density at radius 1 is 1.25 bits per heavy atom. The highest BCUT2D eigenvalue weighted by Gasteiger charge is 2.20. The number of nitrogens with one attached hydrogen (secondary N) is 2. The fraction of sp³-hybridized carbons (Fsp3) is 0.182. The Bertz CT molecular complexity index is 697. The molecule has 20 heavy (non-hydrogen) atoms. The first kappa shape index (κ1) is 14.4. The maximum Gasteiger partial charge on any atom is 0.291 e. The molecule has 0 aliphatic carbocycles. The van der Waals surface area contributed by atoms with Gasteiger partial charge in [-0.15, -0.1) is 10.2 Å². The normalized spacial score (nSPS) is 11.1. The predicted octanol–water partition coefficient (Wildman–Crippen LogP) is 1.69. The van der Waals surface area contributed by atoms with Gasteiger partial charge in [0.15, 0.2) is 0 Å². The van der Waals surface area contributed by atoms with Crippen molar-refractivity contribution in [3.05, 3.63) is 30.3 Å². The maximum absolute atomic E-state index is 12.1. The van der Waals surface area contributed by atoms with Crippen LogP contribution in [0.2, 0.25) is 0 Å². The van der Waals surface area contributed by atoms with E-state index in [0.29, 0.717) is 5.69 Å². The number of rotatable bonds is 5. The van der Waals surface area contributed by atoms with Crippen LogP contribution in [0.25, 0.3) is 0 Å². The number of para-hydroxylation sites is 1. The fourth-order valence-corrected chi connectivity index (χ4v) is 3.26. The molecule has 0 saturated heterocycles. The highest BCUT2D eigenvalue weighted by atomic mass is 32.2. The van der Waals surface area contributed by atoms with Crippen molar-refractivity contribution in [1.29, 1.82) is 0 Å². The molecule has 1 aromatic heterocycles. The molecule has 0 fully saturated rings. The lowest BCUT2D eigenvalue weighted by Gasteiger charge is -2.03. The minimum atomic E-state index is -3.79. The van der Waals surface area contributed by atoms with Crippen LogP contribution in [0.5, 0.6) is 0 Å². The third-order valence-corrected chi connectivity index (χ3v) is 4.82. The van der Waals surface area contributed by atoms with Crippen molar-refractivity contribution in [2.45, 2.75) is 17.7 Å². The van der Waals surface area contributed by atoms with Crippen molar-refractivity contribution in [3.63, 3.8) is 0 Å². The molecular weight excluding hydrogens is 300 g/mol. The van der Waals surface area contributed by atoms with Gasteiger partial charge in [0, 0.05) is 12.1 Å². The molecular formula is C11H12N4O3S2. The molecule has 2 N–H and O–H groups in total. The molecule has 0 atom stereocenters. The van der Waals surface area contributed by atoms with Crippen LogP contribution in [-0.2, 0) is 14.8 Å². The Labute approximate surface area is 120 Å². The second-order valence-electron chi connectivity index (χ2n) is 3.75. The standard InChI is InChI=1S/C11H12N4O3S2/c1-2-9(16)12-10-13-14-11(19-10)20(17,18)15-8-6-4-3-5-7-8/h3-7,15H,2H2,1H3,(H,12,13,16). The summed E-state index contributed by atoms with van der Waals surface area (Å²) in [6, 6.07) is 8.45. The molecule has 7 nitrogen and oxygen atoms in total. The maximum atomic E-state index is 12.1. The summed E-state index contributed by atoms with van der Waals surface area (Å²) in [5.74, 6) is -0.249. The highest BCUT2D eigenvalue weighted by Crippen LogP contribution is 2.22. The third kappa shape index (κ3) is 3.52. The molecule has 0 spiro atoms. The van der Waals surface area contributed by atoms with Crippen LogP contribution < -0.4 is 10.0 Å². The Morgan fingerprint density at radius 3 is 2.60 bits per heavy atom. The number of amides is 1. The lowest BCUT2D eigenvalue weighted by molar-refractivity contribution is -0.115. The third-order valence-electron chi connectivity index (χ3n) is 2.23. The molecule has 9 heteroatoms. The van der Waals surface area contributed by atoms with Crippen LogP contribution >= 0.6 is 11.3 Å². The van der Waals surface area contributed by atoms with Crippen LogP contribution in [0.4, 0.5) is 10.8 Å². The summed E-state index contributed by atoms with van der Waals surface area (Å²) in [6.07, 6.45) is 0.282. The first-order chi connectivity index (χ1) is 9.51. The van der Waals surface area contributed by atoms with Gasteiger partial charge in [0.2, 0.25) is 11.0 Å². The smallest absolute Gasteiger partial charge is 0.291 e. The summed E-state index contributed by atoms with van der Waals surface area (Å²) in [7, 11) is -3.79. The van der Waals surface area contributed by atoms with E-state index >= 15 is 0 Å². The summed E-state index contributed by atoms with van der Waals surface area (Å²) >= 11 is 0.798. The van der Waals surface area contributed by atoms with Gasteiger partial charge in [-0.25, -0.2) is 0 Å². The monoisotopic (exact) mass is 312 g/mol. The van der Waals surface area contributed by atoms with Crippen LogP contribution in [0.15, 0.2) is 34.7 Å². The SMILES string of the molecule is CCC(=O)Nc1nnc(S(=O)(=O)Nc2ccccc2)s1. The average Bonchev–Trinajstić information content (AvgIpc) is 2.88. The van der Waals surface area contributed by atoms with Crippen LogP contribution in [0, 0.1) is 0 Å². The van der Waals surface area contributed by atoms with Crippen molar-refractivity contribution >= 4 is 38.1 Å². The zero-order valence-corrected chi connectivity index (χ0v) is 12.2. The molecule has 0 bridgehead atoms. The van der Waals surface area contributed by atoms with Gasteiger partial charge in [-0.05, 0) is 12.1 Å². The number of hydrogen-bond acceptors (Lipinski definition) is 6. The van der Waals surface area contributed by atoms with Gasteiger partial charge < -0.3 is 5.32 Å². The topological polar surface area (TPSA) is 101 Å². The molecule has 1 aromatic carbocycles. The van der Waals surface area contributed by atoms with E-state index in [1.807, 2.05) is 0 Å². The lowest BCUT2D eigenvalue weighted by Crippen LogP contribution is -2.12. The molecule has 1 amide bonds. The number of aromatic nitrogens is 2. The number of anilines is 2. The van der Waals surface area contributed by atoms with Crippen molar-refractivity contribution in [2.24, 2.45) is 0 Å². The van der Waals surface area contributed by atoms with Gasteiger partial charge in [0.1, 0.15) is 0 Å². The van der Waals surface area contributed by atoms with Crippen molar-refractivity contribution in [2.75, 3.05) is 10.0 Å². The zero-order chi connectivity index (χ0) is 14.6. The van der Waals surface area contributed by atoms with Gasteiger partial charge >= 0.3 is 0 Å². The van der Waals surface area contributed by atoms with E-state index < -0.39 is 10.0 Å². The highest BCUT2D eigenvalue weighted by molar-refractivity contribution is 7.94. The van der Waals surface area contributed by atoms with Gasteiger partial charge in [0.05, 0.1) is 0 Å². The van der Waals surface area contributed by atoms with Gasteiger partial charge in [0.25, 0.3) is 14.4 Å². The number of carbonyl (C=O) groups excluding carboxylic acids is 1. The van der Waals surface area contributed by atoms with Crippen LogP contribution in [0.1, 0.15) is 13.3 Å². The molecule has 0 unspecified atom stereocenters.